The molecule has 1 saturated carbocycles. The van der Waals surface area contributed by atoms with Gasteiger partial charge >= 0.3 is 0 Å². The van der Waals surface area contributed by atoms with Crippen LogP contribution < -0.4 is 5.32 Å². The summed E-state index contributed by atoms with van der Waals surface area (Å²) in [6.45, 7) is 4.36. The molecule has 0 bridgehead atoms. The lowest BCUT2D eigenvalue weighted by Gasteiger charge is -2.25. The van der Waals surface area contributed by atoms with Gasteiger partial charge in [-0.25, -0.2) is 0 Å². The lowest BCUT2D eigenvalue weighted by molar-refractivity contribution is 0.467. The van der Waals surface area contributed by atoms with Crippen LogP contribution in [-0.2, 0) is 0 Å². The Bertz CT molecular complexity index is 467. The quantitative estimate of drug-likeness (QED) is 0.655. The highest BCUT2D eigenvalue weighted by atomic mass is 35.5. The van der Waals surface area contributed by atoms with Gasteiger partial charge in [0.05, 0.1) is 15.1 Å². The molecule has 0 saturated heterocycles. The Hall–Kier alpha value is 0.400. The van der Waals surface area contributed by atoms with Gasteiger partial charge in [0.15, 0.2) is 0 Å². The molecule has 0 heterocycles. The fourth-order valence-electron chi connectivity index (χ4n) is 2.82. The van der Waals surface area contributed by atoms with Crippen LogP contribution in [0.2, 0.25) is 15.1 Å². The Morgan fingerprint density at radius 1 is 1.25 bits per heavy atom. The summed E-state index contributed by atoms with van der Waals surface area (Å²) < 4.78 is 0. The average molecular weight is 353 g/mol. The topological polar surface area (TPSA) is 12.0 Å². The smallest absolute Gasteiger partial charge is 0.0781 e. The standard InChI is InChI=1S/C15H20Cl3NS/c1-3-20-13-6-4-5-12(13)19-9(2)10-7-8-11(16)15(18)14(10)17/h7-9,12-13,19H,3-6H2,1-2H3. The Kier molecular flexibility index (Phi) is 6.37. The Morgan fingerprint density at radius 2 is 2.00 bits per heavy atom. The van der Waals surface area contributed by atoms with Gasteiger partial charge in [-0.05, 0) is 37.1 Å². The van der Waals surface area contributed by atoms with E-state index in [9.17, 15) is 0 Å². The fourth-order valence-corrected chi connectivity index (χ4v) is 4.73. The molecule has 1 aliphatic carbocycles. The van der Waals surface area contributed by atoms with Crippen molar-refractivity contribution in [1.29, 1.82) is 0 Å². The van der Waals surface area contributed by atoms with Crippen molar-refractivity contribution in [3.05, 3.63) is 32.8 Å². The maximum atomic E-state index is 6.31. The predicted octanol–water partition coefficient (Wildman–Crippen LogP) is 5.97. The van der Waals surface area contributed by atoms with Gasteiger partial charge in [0.25, 0.3) is 0 Å². The zero-order valence-electron chi connectivity index (χ0n) is 11.8. The van der Waals surface area contributed by atoms with E-state index >= 15 is 0 Å². The number of thioether (sulfide) groups is 1. The molecule has 1 nitrogen and oxygen atoms in total. The summed E-state index contributed by atoms with van der Waals surface area (Å²) in [7, 11) is 0. The van der Waals surface area contributed by atoms with Crippen molar-refractivity contribution < 1.29 is 0 Å². The van der Waals surface area contributed by atoms with Crippen LogP contribution >= 0.6 is 46.6 Å². The predicted molar refractivity (Wildman–Crippen MR) is 92.6 cm³/mol. The van der Waals surface area contributed by atoms with E-state index in [0.717, 1.165) is 5.56 Å². The zero-order valence-corrected chi connectivity index (χ0v) is 14.8. The van der Waals surface area contributed by atoms with Crippen molar-refractivity contribution in [3.63, 3.8) is 0 Å². The Balaban J connectivity index is 2.08. The summed E-state index contributed by atoms with van der Waals surface area (Å²) in [6.07, 6.45) is 3.84. The van der Waals surface area contributed by atoms with Crippen molar-refractivity contribution >= 4 is 46.6 Å². The highest BCUT2D eigenvalue weighted by molar-refractivity contribution is 7.99. The maximum Gasteiger partial charge on any atom is 0.0781 e. The number of nitrogens with one attached hydrogen (secondary N) is 1. The first kappa shape index (κ1) is 16.8. The van der Waals surface area contributed by atoms with Gasteiger partial charge in [-0.3, -0.25) is 0 Å². The van der Waals surface area contributed by atoms with Gasteiger partial charge in [-0.2, -0.15) is 11.8 Å². The van der Waals surface area contributed by atoms with Crippen LogP contribution in [-0.4, -0.2) is 17.0 Å². The molecule has 5 heteroatoms. The summed E-state index contributed by atoms with van der Waals surface area (Å²) in [5.74, 6) is 1.17. The molecule has 0 amide bonds. The molecular weight excluding hydrogens is 333 g/mol. The van der Waals surface area contributed by atoms with E-state index in [0.29, 0.717) is 26.4 Å². The Morgan fingerprint density at radius 3 is 2.70 bits per heavy atom. The van der Waals surface area contributed by atoms with Crippen LogP contribution in [0.3, 0.4) is 0 Å². The molecule has 0 aromatic heterocycles. The van der Waals surface area contributed by atoms with Gasteiger partial charge in [0, 0.05) is 17.3 Å². The zero-order chi connectivity index (χ0) is 14.7. The van der Waals surface area contributed by atoms with Crippen LogP contribution in [0.4, 0.5) is 0 Å². The molecule has 3 unspecified atom stereocenters. The number of hydrogen-bond donors (Lipinski definition) is 1. The van der Waals surface area contributed by atoms with Gasteiger partial charge in [0.2, 0.25) is 0 Å². The lowest BCUT2D eigenvalue weighted by Crippen LogP contribution is -2.36. The molecule has 1 aromatic rings. The van der Waals surface area contributed by atoms with Crippen molar-refractivity contribution in [2.75, 3.05) is 5.75 Å². The molecule has 3 atom stereocenters. The van der Waals surface area contributed by atoms with Gasteiger partial charge in [-0.15, -0.1) is 0 Å². The first-order valence-electron chi connectivity index (χ1n) is 7.05. The molecule has 1 N–H and O–H groups in total. The highest BCUT2D eigenvalue weighted by Gasteiger charge is 2.28. The molecule has 112 valence electrons. The number of benzene rings is 1. The summed E-state index contributed by atoms with van der Waals surface area (Å²) in [5.41, 5.74) is 1.02. The van der Waals surface area contributed by atoms with Crippen molar-refractivity contribution in [1.82, 2.24) is 5.32 Å². The monoisotopic (exact) mass is 351 g/mol. The SMILES string of the molecule is CCSC1CCCC1NC(C)c1ccc(Cl)c(Cl)c1Cl. The number of halogens is 3. The normalized spacial score (nSPS) is 24.1. The molecule has 0 aliphatic heterocycles. The minimum Gasteiger partial charge on any atom is -0.306 e. The largest absolute Gasteiger partial charge is 0.306 e. The minimum atomic E-state index is 0.181. The average Bonchev–Trinajstić information content (AvgIpc) is 2.84. The second-order valence-electron chi connectivity index (χ2n) is 5.18. The van der Waals surface area contributed by atoms with Gasteiger partial charge < -0.3 is 5.32 Å². The lowest BCUT2D eigenvalue weighted by atomic mass is 10.1. The first-order chi connectivity index (χ1) is 9.54. The van der Waals surface area contributed by atoms with Crippen LogP contribution in [0.5, 0.6) is 0 Å². The van der Waals surface area contributed by atoms with Crippen LogP contribution in [0.15, 0.2) is 12.1 Å². The minimum absolute atomic E-state index is 0.181. The third-order valence-corrected chi connectivity index (χ3v) is 6.46. The third kappa shape index (κ3) is 3.78. The van der Waals surface area contributed by atoms with Gasteiger partial charge in [0.1, 0.15) is 0 Å². The van der Waals surface area contributed by atoms with E-state index in [-0.39, 0.29) is 6.04 Å². The molecule has 0 radical (unpaired) electrons. The molecule has 1 aliphatic rings. The van der Waals surface area contributed by atoms with E-state index in [1.807, 2.05) is 12.1 Å². The van der Waals surface area contributed by atoms with E-state index in [2.05, 4.69) is 30.9 Å². The molecule has 0 spiro atoms. The molecule has 2 rings (SSSR count). The van der Waals surface area contributed by atoms with Crippen molar-refractivity contribution in [2.24, 2.45) is 0 Å². The second-order valence-corrected chi connectivity index (χ2v) is 7.86. The maximum absolute atomic E-state index is 6.31. The summed E-state index contributed by atoms with van der Waals surface area (Å²) in [4.78, 5) is 0. The van der Waals surface area contributed by atoms with E-state index in [1.165, 1.54) is 25.0 Å². The van der Waals surface area contributed by atoms with E-state index in [4.69, 9.17) is 34.8 Å². The van der Waals surface area contributed by atoms with Crippen molar-refractivity contribution in [2.45, 2.75) is 50.4 Å². The van der Waals surface area contributed by atoms with Crippen LogP contribution in [0, 0.1) is 0 Å². The summed E-state index contributed by atoms with van der Waals surface area (Å²) >= 11 is 20.5. The summed E-state index contributed by atoms with van der Waals surface area (Å²) in [5, 5.41) is 5.95. The number of rotatable bonds is 5. The summed E-state index contributed by atoms with van der Waals surface area (Å²) in [6, 6.07) is 4.52. The first-order valence-corrected chi connectivity index (χ1v) is 9.23. The fraction of sp³-hybridized carbons (Fsp3) is 0.600. The van der Waals surface area contributed by atoms with E-state index in [1.54, 1.807) is 0 Å². The third-order valence-electron chi connectivity index (χ3n) is 3.83. The van der Waals surface area contributed by atoms with Crippen molar-refractivity contribution in [3.8, 4) is 0 Å². The van der Waals surface area contributed by atoms with Gasteiger partial charge in [-0.1, -0.05) is 54.2 Å². The molecule has 1 fully saturated rings. The van der Waals surface area contributed by atoms with Crippen LogP contribution in [0.25, 0.3) is 0 Å². The Labute approximate surface area is 140 Å². The second kappa shape index (κ2) is 7.60. The van der Waals surface area contributed by atoms with Crippen LogP contribution in [0.1, 0.15) is 44.7 Å². The molecule has 20 heavy (non-hydrogen) atoms. The molecule has 1 aromatic carbocycles. The highest BCUT2D eigenvalue weighted by Crippen LogP contribution is 2.37. The number of hydrogen-bond acceptors (Lipinski definition) is 2. The molecular formula is C15H20Cl3NS. The van der Waals surface area contributed by atoms with E-state index < -0.39 is 0 Å².